The van der Waals surface area contributed by atoms with Gasteiger partial charge in [0.25, 0.3) is 0 Å². The highest BCUT2D eigenvalue weighted by molar-refractivity contribution is 5.05. The molecule has 0 aromatic carbocycles. The minimum absolute atomic E-state index is 0.275. The summed E-state index contributed by atoms with van der Waals surface area (Å²) in [5, 5.41) is 3.64. The van der Waals surface area contributed by atoms with Crippen molar-refractivity contribution in [3.8, 4) is 0 Å². The van der Waals surface area contributed by atoms with Gasteiger partial charge in [-0.2, -0.15) is 0 Å². The number of nitrogens with one attached hydrogen (secondary N) is 1. The number of ether oxygens (including phenoxy) is 1. The van der Waals surface area contributed by atoms with E-state index in [1.54, 1.807) is 0 Å². The molecule has 1 heterocycles. The van der Waals surface area contributed by atoms with E-state index < -0.39 is 0 Å². The first-order valence-electron chi connectivity index (χ1n) is 7.88. The Morgan fingerprint density at radius 3 is 2.39 bits per heavy atom. The largest absolute Gasteiger partial charge is 0.375 e. The molecule has 0 amide bonds. The van der Waals surface area contributed by atoms with E-state index in [9.17, 15) is 0 Å². The number of hydrogen-bond donors (Lipinski definition) is 1. The average molecular weight is 251 g/mol. The second kappa shape index (κ2) is 4.49. The van der Waals surface area contributed by atoms with Gasteiger partial charge in [0.05, 0.1) is 5.60 Å². The predicted octanol–water partition coefficient (Wildman–Crippen LogP) is 3.36. The molecule has 3 rings (SSSR count). The van der Waals surface area contributed by atoms with Crippen LogP contribution in [0.3, 0.4) is 0 Å². The van der Waals surface area contributed by atoms with E-state index in [-0.39, 0.29) is 5.60 Å². The second-order valence-electron chi connectivity index (χ2n) is 7.61. The monoisotopic (exact) mass is 251 g/mol. The van der Waals surface area contributed by atoms with Crippen LogP contribution in [0.15, 0.2) is 0 Å². The third kappa shape index (κ3) is 2.22. The molecule has 2 nitrogen and oxygen atoms in total. The van der Waals surface area contributed by atoms with Gasteiger partial charge < -0.3 is 10.1 Å². The molecular formula is C16H29NO. The number of hydrogen-bond acceptors (Lipinski definition) is 2. The van der Waals surface area contributed by atoms with Gasteiger partial charge in [0.15, 0.2) is 0 Å². The van der Waals surface area contributed by atoms with Crippen molar-refractivity contribution >= 4 is 0 Å². The lowest BCUT2D eigenvalue weighted by Crippen LogP contribution is -2.46. The molecular weight excluding hydrogens is 222 g/mol. The minimum atomic E-state index is 0.275. The van der Waals surface area contributed by atoms with Crippen molar-refractivity contribution in [2.75, 3.05) is 13.7 Å². The first-order valence-corrected chi connectivity index (χ1v) is 7.88. The number of rotatable bonds is 3. The van der Waals surface area contributed by atoms with Crippen molar-refractivity contribution in [2.45, 2.75) is 70.4 Å². The molecule has 3 atom stereocenters. The maximum Gasteiger partial charge on any atom is 0.0685 e. The van der Waals surface area contributed by atoms with Crippen molar-refractivity contribution in [3.05, 3.63) is 0 Å². The van der Waals surface area contributed by atoms with Gasteiger partial charge in [-0.25, -0.2) is 0 Å². The Hall–Kier alpha value is -0.0800. The van der Waals surface area contributed by atoms with Gasteiger partial charge in [-0.05, 0) is 56.4 Å². The van der Waals surface area contributed by atoms with Crippen molar-refractivity contribution in [2.24, 2.45) is 17.3 Å². The van der Waals surface area contributed by atoms with Crippen LogP contribution < -0.4 is 5.32 Å². The molecule has 2 aliphatic carbocycles. The molecule has 0 radical (unpaired) electrons. The molecule has 1 N–H and O–H groups in total. The van der Waals surface area contributed by atoms with Gasteiger partial charge in [0.1, 0.15) is 0 Å². The third-order valence-electron chi connectivity index (χ3n) is 5.91. The topological polar surface area (TPSA) is 21.3 Å². The van der Waals surface area contributed by atoms with Gasteiger partial charge >= 0.3 is 0 Å². The van der Waals surface area contributed by atoms with E-state index in [1.807, 2.05) is 0 Å². The molecule has 0 aromatic rings. The average Bonchev–Trinajstić information content (AvgIpc) is 2.74. The quantitative estimate of drug-likeness (QED) is 0.830. The Morgan fingerprint density at radius 2 is 1.83 bits per heavy atom. The molecule has 3 unspecified atom stereocenters. The van der Waals surface area contributed by atoms with Gasteiger partial charge in [0.2, 0.25) is 0 Å². The highest BCUT2D eigenvalue weighted by Gasteiger charge is 2.53. The molecule has 3 fully saturated rings. The second-order valence-corrected chi connectivity index (χ2v) is 7.61. The van der Waals surface area contributed by atoms with Crippen molar-refractivity contribution < 1.29 is 4.74 Å². The smallest absolute Gasteiger partial charge is 0.0685 e. The summed E-state index contributed by atoms with van der Waals surface area (Å²) in [6.45, 7) is 5.84. The molecule has 3 aliphatic rings. The lowest BCUT2D eigenvalue weighted by Gasteiger charge is -2.42. The van der Waals surface area contributed by atoms with Gasteiger partial charge in [0, 0.05) is 12.6 Å². The van der Waals surface area contributed by atoms with E-state index in [2.05, 4.69) is 26.2 Å². The molecule has 1 saturated heterocycles. The van der Waals surface area contributed by atoms with E-state index in [1.165, 1.54) is 44.9 Å². The predicted molar refractivity (Wildman–Crippen MR) is 74.6 cm³/mol. The Bertz CT molecular complexity index is 306. The lowest BCUT2D eigenvalue weighted by molar-refractivity contribution is -0.0991. The van der Waals surface area contributed by atoms with Crippen molar-refractivity contribution in [3.63, 3.8) is 0 Å². The van der Waals surface area contributed by atoms with Crippen molar-refractivity contribution in [1.29, 1.82) is 0 Å². The van der Waals surface area contributed by atoms with Gasteiger partial charge in [-0.15, -0.1) is 0 Å². The van der Waals surface area contributed by atoms with E-state index >= 15 is 0 Å². The Kier molecular flexibility index (Phi) is 3.22. The van der Waals surface area contributed by atoms with Crippen LogP contribution in [0.4, 0.5) is 0 Å². The zero-order valence-corrected chi connectivity index (χ0v) is 12.3. The van der Waals surface area contributed by atoms with Gasteiger partial charge in [-0.3, -0.25) is 0 Å². The molecule has 104 valence electrons. The van der Waals surface area contributed by atoms with Crippen LogP contribution in [0.2, 0.25) is 0 Å². The van der Waals surface area contributed by atoms with Crippen LogP contribution in [0.25, 0.3) is 0 Å². The van der Waals surface area contributed by atoms with Crippen LogP contribution in [0.1, 0.15) is 58.8 Å². The Balaban J connectivity index is 1.67. The fourth-order valence-corrected chi connectivity index (χ4v) is 4.63. The van der Waals surface area contributed by atoms with Crippen LogP contribution in [-0.4, -0.2) is 25.3 Å². The standard InChI is InChI=1S/C16H29NO/c1-15(2)11-13(15)14(17-3)12-6-9-18-16(10-12)7-4-5-8-16/h12-14,17H,4-11H2,1-3H3. The van der Waals surface area contributed by atoms with E-state index in [0.29, 0.717) is 5.41 Å². The molecule has 18 heavy (non-hydrogen) atoms. The highest BCUT2D eigenvalue weighted by Crippen LogP contribution is 2.56. The van der Waals surface area contributed by atoms with Crippen LogP contribution in [0.5, 0.6) is 0 Å². The minimum Gasteiger partial charge on any atom is -0.375 e. The molecule has 2 heteroatoms. The normalized spacial score (nSPS) is 38.8. The molecule has 1 spiro atoms. The maximum absolute atomic E-state index is 6.18. The van der Waals surface area contributed by atoms with E-state index in [0.717, 1.165) is 24.5 Å². The summed E-state index contributed by atoms with van der Waals surface area (Å²) in [5.41, 5.74) is 0.853. The van der Waals surface area contributed by atoms with Crippen LogP contribution in [0, 0.1) is 17.3 Å². The van der Waals surface area contributed by atoms with E-state index in [4.69, 9.17) is 4.74 Å². The van der Waals surface area contributed by atoms with Gasteiger partial charge in [-0.1, -0.05) is 26.7 Å². The summed E-state index contributed by atoms with van der Waals surface area (Å²) in [5.74, 6) is 1.73. The Labute approximate surface area is 112 Å². The summed E-state index contributed by atoms with van der Waals surface area (Å²) in [7, 11) is 2.16. The van der Waals surface area contributed by atoms with Crippen LogP contribution in [-0.2, 0) is 4.74 Å². The fraction of sp³-hybridized carbons (Fsp3) is 1.00. The van der Waals surface area contributed by atoms with Crippen LogP contribution >= 0.6 is 0 Å². The molecule has 2 saturated carbocycles. The highest BCUT2D eigenvalue weighted by atomic mass is 16.5. The molecule has 0 aromatic heterocycles. The summed E-state index contributed by atoms with van der Waals surface area (Å²) in [4.78, 5) is 0. The summed E-state index contributed by atoms with van der Waals surface area (Å²) >= 11 is 0. The third-order valence-corrected chi connectivity index (χ3v) is 5.91. The summed E-state index contributed by atoms with van der Waals surface area (Å²) in [6, 6.07) is 0.723. The summed E-state index contributed by atoms with van der Waals surface area (Å²) in [6.07, 6.45) is 9.37. The first-order chi connectivity index (χ1) is 8.56. The molecule has 0 bridgehead atoms. The Morgan fingerprint density at radius 1 is 1.17 bits per heavy atom. The zero-order chi connectivity index (χ0) is 12.8. The fourth-order valence-electron chi connectivity index (χ4n) is 4.63. The zero-order valence-electron chi connectivity index (χ0n) is 12.3. The summed E-state index contributed by atoms with van der Waals surface area (Å²) < 4.78 is 6.18. The van der Waals surface area contributed by atoms with Crippen molar-refractivity contribution in [1.82, 2.24) is 5.32 Å². The SMILES string of the molecule is CNC(C1CCOC2(CCCC2)C1)C1CC1(C)C. The first kappa shape index (κ1) is 12.9. The molecule has 1 aliphatic heterocycles. The maximum atomic E-state index is 6.18. The lowest BCUT2D eigenvalue weighted by atomic mass is 9.78.